The molecule has 17 heavy (non-hydrogen) atoms. The molecule has 1 aliphatic rings. The second kappa shape index (κ2) is 4.70. The Labute approximate surface area is 99.8 Å². The van der Waals surface area contributed by atoms with Crippen molar-refractivity contribution in [3.05, 3.63) is 34.9 Å². The normalized spacial score (nSPS) is 26.2. The summed E-state index contributed by atoms with van der Waals surface area (Å²) in [7, 11) is 0. The summed E-state index contributed by atoms with van der Waals surface area (Å²) in [4.78, 5) is 0. The number of ether oxygens (including phenoxy) is 1. The molecule has 2 rings (SSSR count). The highest BCUT2D eigenvalue weighted by molar-refractivity contribution is 5.28. The average Bonchev–Trinajstić information content (AvgIpc) is 2.69. The quantitative estimate of drug-likeness (QED) is 0.864. The molecular weight excluding hydrogens is 224 g/mol. The summed E-state index contributed by atoms with van der Waals surface area (Å²) in [5.74, 6) is -0.790. The van der Waals surface area contributed by atoms with Crippen molar-refractivity contribution in [2.24, 2.45) is 11.7 Å². The molecule has 1 fully saturated rings. The molecule has 1 aromatic carbocycles. The number of rotatable bonds is 2. The Hall–Kier alpha value is -1.00. The van der Waals surface area contributed by atoms with Crippen LogP contribution in [0.1, 0.15) is 30.5 Å². The molecule has 2 nitrogen and oxygen atoms in total. The predicted molar refractivity (Wildman–Crippen MR) is 61.5 cm³/mol. The lowest BCUT2D eigenvalue weighted by Gasteiger charge is -2.19. The first-order valence-electron chi connectivity index (χ1n) is 5.81. The summed E-state index contributed by atoms with van der Waals surface area (Å²) in [6.45, 7) is 4.00. The highest BCUT2D eigenvalue weighted by Gasteiger charge is 2.30. The van der Waals surface area contributed by atoms with Crippen molar-refractivity contribution in [1.82, 2.24) is 0 Å². The van der Waals surface area contributed by atoms with Gasteiger partial charge in [0.05, 0.1) is 12.7 Å². The van der Waals surface area contributed by atoms with Gasteiger partial charge in [-0.25, -0.2) is 8.78 Å². The Morgan fingerprint density at radius 3 is 2.65 bits per heavy atom. The SMILES string of the molecule is Cc1cc(F)c(C(N)C2COC(C)C2)cc1F. The van der Waals surface area contributed by atoms with Gasteiger partial charge < -0.3 is 10.5 Å². The summed E-state index contributed by atoms with van der Waals surface area (Å²) in [6.07, 6.45) is 0.931. The van der Waals surface area contributed by atoms with E-state index in [1.807, 2.05) is 6.92 Å². The van der Waals surface area contributed by atoms with Gasteiger partial charge in [0.1, 0.15) is 11.6 Å². The molecule has 4 heteroatoms. The fourth-order valence-electron chi connectivity index (χ4n) is 2.27. The van der Waals surface area contributed by atoms with E-state index in [2.05, 4.69) is 0 Å². The summed E-state index contributed by atoms with van der Waals surface area (Å²) in [5, 5.41) is 0. The van der Waals surface area contributed by atoms with Gasteiger partial charge in [0.2, 0.25) is 0 Å². The molecule has 3 unspecified atom stereocenters. The largest absolute Gasteiger partial charge is 0.378 e. The van der Waals surface area contributed by atoms with Crippen LogP contribution < -0.4 is 5.73 Å². The maximum absolute atomic E-state index is 13.7. The van der Waals surface area contributed by atoms with Crippen molar-refractivity contribution in [3.8, 4) is 0 Å². The zero-order valence-electron chi connectivity index (χ0n) is 10.0. The van der Waals surface area contributed by atoms with Gasteiger partial charge in [-0.05, 0) is 38.0 Å². The van der Waals surface area contributed by atoms with E-state index in [4.69, 9.17) is 10.5 Å². The van der Waals surface area contributed by atoms with Gasteiger partial charge in [-0.1, -0.05) is 0 Å². The van der Waals surface area contributed by atoms with Crippen LogP contribution in [0.2, 0.25) is 0 Å². The molecule has 0 radical (unpaired) electrons. The molecule has 1 aromatic rings. The second-order valence-electron chi connectivity index (χ2n) is 4.79. The van der Waals surface area contributed by atoms with Crippen LogP contribution in [0.15, 0.2) is 12.1 Å². The molecule has 0 saturated carbocycles. The topological polar surface area (TPSA) is 35.2 Å². The molecule has 1 heterocycles. The van der Waals surface area contributed by atoms with Crippen LogP contribution in [0.3, 0.4) is 0 Å². The van der Waals surface area contributed by atoms with Crippen molar-refractivity contribution >= 4 is 0 Å². The molecular formula is C13H17F2NO. The number of hydrogen-bond donors (Lipinski definition) is 1. The van der Waals surface area contributed by atoms with Crippen LogP contribution in [-0.4, -0.2) is 12.7 Å². The van der Waals surface area contributed by atoms with Gasteiger partial charge in [0.15, 0.2) is 0 Å². The van der Waals surface area contributed by atoms with Gasteiger partial charge in [-0.3, -0.25) is 0 Å². The summed E-state index contributed by atoms with van der Waals surface area (Å²) in [6, 6.07) is 1.90. The lowest BCUT2D eigenvalue weighted by Crippen LogP contribution is -2.23. The number of nitrogens with two attached hydrogens (primary N) is 1. The highest BCUT2D eigenvalue weighted by atomic mass is 19.1. The smallest absolute Gasteiger partial charge is 0.128 e. The molecule has 2 N–H and O–H groups in total. The van der Waals surface area contributed by atoms with E-state index >= 15 is 0 Å². The third-order valence-corrected chi connectivity index (χ3v) is 3.37. The van der Waals surface area contributed by atoms with Crippen LogP contribution >= 0.6 is 0 Å². The molecule has 0 amide bonds. The number of benzene rings is 1. The Morgan fingerprint density at radius 2 is 2.06 bits per heavy atom. The Balaban J connectivity index is 2.24. The van der Waals surface area contributed by atoms with Crippen LogP contribution in [0.5, 0.6) is 0 Å². The molecule has 0 spiro atoms. The summed E-state index contributed by atoms with van der Waals surface area (Å²) < 4.78 is 32.6. The van der Waals surface area contributed by atoms with Crippen LogP contribution in [0.4, 0.5) is 8.78 Å². The van der Waals surface area contributed by atoms with E-state index in [0.717, 1.165) is 6.42 Å². The van der Waals surface area contributed by atoms with Gasteiger partial charge in [-0.2, -0.15) is 0 Å². The molecule has 94 valence electrons. The Morgan fingerprint density at radius 1 is 1.35 bits per heavy atom. The number of halogens is 2. The van der Waals surface area contributed by atoms with E-state index in [1.165, 1.54) is 19.1 Å². The molecule has 3 atom stereocenters. The third-order valence-electron chi connectivity index (χ3n) is 3.37. The van der Waals surface area contributed by atoms with E-state index < -0.39 is 17.7 Å². The monoisotopic (exact) mass is 241 g/mol. The van der Waals surface area contributed by atoms with Crippen LogP contribution in [-0.2, 0) is 4.74 Å². The van der Waals surface area contributed by atoms with Crippen molar-refractivity contribution in [3.63, 3.8) is 0 Å². The van der Waals surface area contributed by atoms with Crippen molar-refractivity contribution < 1.29 is 13.5 Å². The maximum atomic E-state index is 13.7. The fourth-order valence-corrected chi connectivity index (χ4v) is 2.27. The van der Waals surface area contributed by atoms with E-state index in [0.29, 0.717) is 12.2 Å². The molecule has 0 bridgehead atoms. The lowest BCUT2D eigenvalue weighted by atomic mass is 9.91. The summed E-state index contributed by atoms with van der Waals surface area (Å²) in [5.41, 5.74) is 6.54. The molecule has 0 aliphatic carbocycles. The van der Waals surface area contributed by atoms with E-state index in [1.54, 1.807) is 0 Å². The first-order valence-corrected chi connectivity index (χ1v) is 5.81. The fraction of sp³-hybridized carbons (Fsp3) is 0.538. The van der Waals surface area contributed by atoms with Gasteiger partial charge >= 0.3 is 0 Å². The minimum atomic E-state index is -0.505. The molecule has 1 saturated heterocycles. The van der Waals surface area contributed by atoms with Crippen molar-refractivity contribution in [2.45, 2.75) is 32.4 Å². The minimum absolute atomic E-state index is 0.0570. The van der Waals surface area contributed by atoms with Gasteiger partial charge in [0, 0.05) is 17.5 Å². The van der Waals surface area contributed by atoms with Crippen LogP contribution in [0.25, 0.3) is 0 Å². The lowest BCUT2D eigenvalue weighted by molar-refractivity contribution is 0.118. The Bertz CT molecular complexity index is 422. The average molecular weight is 241 g/mol. The third kappa shape index (κ3) is 2.48. The standard InChI is InChI=1S/C13H17F2NO/c1-7-3-12(15)10(5-11(7)14)13(16)9-4-8(2)17-6-9/h3,5,8-9,13H,4,6,16H2,1-2H3. The first-order chi connectivity index (χ1) is 7.99. The molecule has 0 aromatic heterocycles. The minimum Gasteiger partial charge on any atom is -0.378 e. The maximum Gasteiger partial charge on any atom is 0.128 e. The van der Waals surface area contributed by atoms with E-state index in [-0.39, 0.29) is 17.6 Å². The number of hydrogen-bond acceptors (Lipinski definition) is 2. The first kappa shape index (κ1) is 12.5. The zero-order valence-corrected chi connectivity index (χ0v) is 10.0. The van der Waals surface area contributed by atoms with E-state index in [9.17, 15) is 8.78 Å². The molecule has 1 aliphatic heterocycles. The van der Waals surface area contributed by atoms with Crippen molar-refractivity contribution in [1.29, 1.82) is 0 Å². The number of aryl methyl sites for hydroxylation is 1. The summed E-state index contributed by atoms with van der Waals surface area (Å²) >= 11 is 0. The Kier molecular flexibility index (Phi) is 3.45. The van der Waals surface area contributed by atoms with Crippen molar-refractivity contribution in [2.75, 3.05) is 6.61 Å². The highest BCUT2D eigenvalue weighted by Crippen LogP contribution is 2.31. The van der Waals surface area contributed by atoms with Gasteiger partial charge in [0.25, 0.3) is 0 Å². The van der Waals surface area contributed by atoms with Crippen LogP contribution in [0, 0.1) is 24.5 Å². The predicted octanol–water partition coefficient (Wildman–Crippen LogP) is 2.70. The second-order valence-corrected chi connectivity index (χ2v) is 4.79. The zero-order chi connectivity index (χ0) is 12.6. The van der Waals surface area contributed by atoms with Gasteiger partial charge in [-0.15, -0.1) is 0 Å².